The number of benzene rings is 3. The fraction of sp³-hybridized carbons (Fsp3) is 0.136. The maximum Gasteiger partial charge on any atom is 0.264 e. The monoisotopic (exact) mass is 478 g/mol. The minimum Gasteiger partial charge on any atom is -0.322 e. The predicted molar refractivity (Wildman–Crippen MR) is 120 cm³/mol. The number of hydrogen-bond donors (Lipinski definition) is 1. The van der Waals surface area contributed by atoms with Gasteiger partial charge in [0.2, 0.25) is 0 Å². The van der Waals surface area contributed by atoms with Crippen molar-refractivity contribution < 1.29 is 17.6 Å². The smallest absolute Gasteiger partial charge is 0.264 e. The topological polar surface area (TPSA) is 66.5 Å². The minimum absolute atomic E-state index is 0.00383. The van der Waals surface area contributed by atoms with Crippen LogP contribution in [-0.4, -0.2) is 20.9 Å². The average molecular weight is 479 g/mol. The van der Waals surface area contributed by atoms with Crippen LogP contribution in [-0.2, 0) is 16.4 Å². The van der Waals surface area contributed by atoms with E-state index in [1.165, 1.54) is 28.6 Å². The Balaban J connectivity index is 1.66. The number of sulfonamides is 1. The molecule has 1 aliphatic rings. The van der Waals surface area contributed by atoms with E-state index < -0.39 is 21.7 Å². The number of carbonyl (C=O) groups excluding carboxylic acids is 1. The first-order chi connectivity index (χ1) is 14.8. The Morgan fingerprint density at radius 2 is 1.74 bits per heavy atom. The van der Waals surface area contributed by atoms with E-state index in [1.54, 1.807) is 24.3 Å². The zero-order chi connectivity index (χ0) is 22.2. The Bertz CT molecular complexity index is 1260. The summed E-state index contributed by atoms with van der Waals surface area (Å²) in [6, 6.07) is 14.4. The third-order valence-electron chi connectivity index (χ3n) is 5.00. The first kappa shape index (κ1) is 21.6. The molecule has 3 aromatic rings. The second-order valence-electron chi connectivity index (χ2n) is 7.06. The highest BCUT2D eigenvalue weighted by atomic mass is 35.5. The van der Waals surface area contributed by atoms with E-state index in [4.69, 9.17) is 23.2 Å². The van der Waals surface area contributed by atoms with Crippen LogP contribution in [0.15, 0.2) is 65.6 Å². The standard InChI is InChI=1S/C22H17Cl2FN2O3S/c23-15-4-10-19(20(24)12-15)22(28)26-17-7-3-14-2-1-11-27(21(14)13-17)31(29,30)18-8-5-16(25)6-9-18/h3-10,12-13H,1-2,11H2,(H,26,28). The molecule has 0 saturated carbocycles. The Morgan fingerprint density at radius 1 is 1.00 bits per heavy atom. The Morgan fingerprint density at radius 3 is 2.45 bits per heavy atom. The summed E-state index contributed by atoms with van der Waals surface area (Å²) in [6.07, 6.45) is 1.36. The molecule has 1 heterocycles. The van der Waals surface area contributed by atoms with Gasteiger partial charge in [0, 0.05) is 17.3 Å². The van der Waals surface area contributed by atoms with Gasteiger partial charge in [-0.25, -0.2) is 12.8 Å². The van der Waals surface area contributed by atoms with E-state index >= 15 is 0 Å². The van der Waals surface area contributed by atoms with Gasteiger partial charge in [0.1, 0.15) is 5.82 Å². The molecule has 1 N–H and O–H groups in total. The van der Waals surface area contributed by atoms with E-state index in [2.05, 4.69) is 5.32 Å². The molecule has 160 valence electrons. The summed E-state index contributed by atoms with van der Waals surface area (Å²) in [6.45, 7) is 0.285. The number of carbonyl (C=O) groups is 1. The quantitative estimate of drug-likeness (QED) is 0.536. The summed E-state index contributed by atoms with van der Waals surface area (Å²) in [5.74, 6) is -0.950. The highest BCUT2D eigenvalue weighted by molar-refractivity contribution is 7.92. The highest BCUT2D eigenvalue weighted by Crippen LogP contribution is 2.34. The third kappa shape index (κ3) is 4.39. The molecule has 0 atom stereocenters. The van der Waals surface area contributed by atoms with Crippen molar-refractivity contribution in [3.8, 4) is 0 Å². The molecule has 0 aromatic heterocycles. The minimum atomic E-state index is -3.88. The lowest BCUT2D eigenvalue weighted by molar-refractivity contribution is 0.102. The normalized spacial score (nSPS) is 13.6. The molecule has 0 bridgehead atoms. The molecule has 0 radical (unpaired) electrons. The molecule has 0 aliphatic carbocycles. The van der Waals surface area contributed by atoms with Crippen molar-refractivity contribution in [2.24, 2.45) is 0 Å². The van der Waals surface area contributed by atoms with Gasteiger partial charge in [-0.15, -0.1) is 0 Å². The van der Waals surface area contributed by atoms with Gasteiger partial charge in [0.25, 0.3) is 15.9 Å². The molecule has 0 saturated heterocycles. The van der Waals surface area contributed by atoms with Gasteiger partial charge in [0.15, 0.2) is 0 Å². The summed E-state index contributed by atoms with van der Waals surface area (Å²) in [5.41, 5.74) is 2.01. The van der Waals surface area contributed by atoms with Crippen LogP contribution in [0.2, 0.25) is 10.0 Å². The van der Waals surface area contributed by atoms with Crippen LogP contribution in [0.5, 0.6) is 0 Å². The molecule has 31 heavy (non-hydrogen) atoms. The summed E-state index contributed by atoms with van der Waals surface area (Å²) in [5, 5.41) is 3.38. The van der Waals surface area contributed by atoms with Gasteiger partial charge in [-0.2, -0.15) is 0 Å². The van der Waals surface area contributed by atoms with Crippen molar-refractivity contribution in [2.75, 3.05) is 16.2 Å². The maximum atomic E-state index is 13.3. The first-order valence-corrected chi connectivity index (χ1v) is 11.6. The molecular weight excluding hydrogens is 462 g/mol. The van der Waals surface area contributed by atoms with E-state index in [1.807, 2.05) is 0 Å². The fourth-order valence-corrected chi connectivity index (χ4v) is 5.50. The molecule has 5 nitrogen and oxygen atoms in total. The number of nitrogens with zero attached hydrogens (tertiary/aromatic N) is 1. The number of amides is 1. The van der Waals surface area contributed by atoms with Gasteiger partial charge >= 0.3 is 0 Å². The van der Waals surface area contributed by atoms with E-state index in [0.717, 1.165) is 17.7 Å². The zero-order valence-corrected chi connectivity index (χ0v) is 18.4. The van der Waals surface area contributed by atoms with Gasteiger partial charge in [-0.3, -0.25) is 9.10 Å². The van der Waals surface area contributed by atoms with Crippen molar-refractivity contribution in [3.63, 3.8) is 0 Å². The van der Waals surface area contributed by atoms with Crippen LogP contribution in [0.4, 0.5) is 15.8 Å². The van der Waals surface area contributed by atoms with Crippen LogP contribution in [0.3, 0.4) is 0 Å². The Labute approximate surface area is 189 Å². The predicted octanol–water partition coefficient (Wildman–Crippen LogP) is 5.53. The number of fused-ring (bicyclic) bond motifs is 1. The second kappa shape index (κ2) is 8.49. The molecular formula is C22H17Cl2FN2O3S. The second-order valence-corrected chi connectivity index (χ2v) is 9.76. The van der Waals surface area contributed by atoms with Crippen molar-refractivity contribution in [2.45, 2.75) is 17.7 Å². The van der Waals surface area contributed by atoms with Gasteiger partial charge in [-0.05, 0) is 73.0 Å². The lowest BCUT2D eigenvalue weighted by Gasteiger charge is -2.31. The summed E-state index contributed by atoms with van der Waals surface area (Å²) < 4.78 is 40.9. The highest BCUT2D eigenvalue weighted by Gasteiger charge is 2.29. The molecule has 1 amide bonds. The average Bonchev–Trinajstić information content (AvgIpc) is 2.73. The van der Waals surface area contributed by atoms with Crippen molar-refractivity contribution >= 4 is 50.5 Å². The first-order valence-electron chi connectivity index (χ1n) is 9.43. The molecule has 0 spiro atoms. The van der Waals surface area contributed by atoms with Crippen LogP contribution in [0.25, 0.3) is 0 Å². The SMILES string of the molecule is O=C(Nc1ccc2c(c1)N(S(=O)(=O)c1ccc(F)cc1)CCC2)c1ccc(Cl)cc1Cl. The van der Waals surface area contributed by atoms with Crippen molar-refractivity contribution in [3.05, 3.63) is 87.7 Å². The largest absolute Gasteiger partial charge is 0.322 e. The lowest BCUT2D eigenvalue weighted by atomic mass is 10.0. The molecule has 0 unspecified atom stereocenters. The number of nitrogens with one attached hydrogen (secondary N) is 1. The van der Waals surface area contributed by atoms with Gasteiger partial charge in [0.05, 0.1) is 21.2 Å². The van der Waals surface area contributed by atoms with Crippen LogP contribution in [0.1, 0.15) is 22.3 Å². The Kier molecular flexibility index (Phi) is 5.92. The van der Waals surface area contributed by atoms with E-state index in [-0.39, 0.29) is 22.0 Å². The number of aryl methyl sites for hydroxylation is 1. The van der Waals surface area contributed by atoms with Crippen LogP contribution in [0, 0.1) is 5.82 Å². The molecule has 3 aromatic carbocycles. The van der Waals surface area contributed by atoms with E-state index in [9.17, 15) is 17.6 Å². The molecule has 1 aliphatic heterocycles. The maximum absolute atomic E-state index is 13.3. The van der Waals surface area contributed by atoms with E-state index in [0.29, 0.717) is 29.2 Å². The number of halogens is 3. The molecule has 9 heteroatoms. The number of rotatable bonds is 4. The summed E-state index contributed by atoms with van der Waals surface area (Å²) in [7, 11) is -3.88. The number of hydrogen-bond acceptors (Lipinski definition) is 3. The van der Waals surface area contributed by atoms with Crippen LogP contribution < -0.4 is 9.62 Å². The molecule has 0 fully saturated rings. The van der Waals surface area contributed by atoms with Gasteiger partial charge in [-0.1, -0.05) is 29.3 Å². The van der Waals surface area contributed by atoms with Crippen LogP contribution >= 0.6 is 23.2 Å². The third-order valence-corrected chi connectivity index (χ3v) is 7.37. The summed E-state index contributed by atoms with van der Waals surface area (Å²) in [4.78, 5) is 12.6. The fourth-order valence-electron chi connectivity index (χ4n) is 3.47. The lowest BCUT2D eigenvalue weighted by Crippen LogP contribution is -2.35. The zero-order valence-electron chi connectivity index (χ0n) is 16.1. The van der Waals surface area contributed by atoms with Gasteiger partial charge < -0.3 is 5.32 Å². The molecule has 4 rings (SSSR count). The number of anilines is 2. The van der Waals surface area contributed by atoms with Crippen molar-refractivity contribution in [1.82, 2.24) is 0 Å². The van der Waals surface area contributed by atoms with Crippen molar-refractivity contribution in [1.29, 1.82) is 0 Å². The summed E-state index contributed by atoms with van der Waals surface area (Å²) >= 11 is 12.0. The Hall–Kier alpha value is -2.61.